The van der Waals surface area contributed by atoms with Gasteiger partial charge in [-0.2, -0.15) is 9.57 Å². The first-order valence-corrected chi connectivity index (χ1v) is 12.3. The van der Waals surface area contributed by atoms with Crippen molar-refractivity contribution in [1.82, 2.24) is 9.21 Å². The Morgan fingerprint density at radius 1 is 0.871 bits per heavy atom. The van der Waals surface area contributed by atoms with Crippen LogP contribution in [0.2, 0.25) is 0 Å². The van der Waals surface area contributed by atoms with Crippen LogP contribution in [-0.4, -0.2) is 43.8 Å². The molecule has 31 heavy (non-hydrogen) atoms. The highest BCUT2D eigenvalue weighted by Gasteiger charge is 2.29. The summed E-state index contributed by atoms with van der Waals surface area (Å²) in [5, 5.41) is 9.31. The summed E-state index contributed by atoms with van der Waals surface area (Å²) in [5.74, 6) is 0. The molecule has 0 spiro atoms. The molecule has 158 valence electrons. The molecule has 0 aliphatic carbocycles. The summed E-state index contributed by atoms with van der Waals surface area (Å²) < 4.78 is 28.1. The van der Waals surface area contributed by atoms with Crippen LogP contribution in [0.15, 0.2) is 82.2 Å². The zero-order chi connectivity index (χ0) is 21.8. The molecule has 0 radical (unpaired) electrons. The second kappa shape index (κ2) is 9.33. The van der Waals surface area contributed by atoms with Crippen molar-refractivity contribution in [3.05, 3.63) is 88.4 Å². The van der Waals surface area contributed by atoms with Gasteiger partial charge in [0.05, 0.1) is 16.5 Å². The third kappa shape index (κ3) is 4.73. The van der Waals surface area contributed by atoms with Gasteiger partial charge in [0.25, 0.3) is 0 Å². The summed E-state index contributed by atoms with van der Waals surface area (Å²) in [6.07, 6.45) is 0. The van der Waals surface area contributed by atoms with Gasteiger partial charge in [0.2, 0.25) is 10.0 Å². The fraction of sp³-hybridized carbons (Fsp3) is 0.208. The zero-order valence-electron chi connectivity index (χ0n) is 16.9. The number of benzene rings is 3. The summed E-state index contributed by atoms with van der Waals surface area (Å²) in [7, 11) is -3.50. The van der Waals surface area contributed by atoms with E-state index < -0.39 is 10.0 Å². The Morgan fingerprint density at radius 3 is 2.19 bits per heavy atom. The quantitative estimate of drug-likeness (QED) is 0.522. The normalized spacial score (nSPS) is 15.5. The maximum absolute atomic E-state index is 13.0. The molecule has 1 fully saturated rings. The van der Waals surface area contributed by atoms with Gasteiger partial charge in [-0.05, 0) is 50.8 Å². The Hall–Kier alpha value is -2.50. The lowest BCUT2D eigenvalue weighted by atomic mass is 9.99. The van der Waals surface area contributed by atoms with Crippen LogP contribution >= 0.6 is 15.9 Å². The van der Waals surface area contributed by atoms with Crippen molar-refractivity contribution < 1.29 is 8.42 Å². The van der Waals surface area contributed by atoms with Gasteiger partial charge < -0.3 is 0 Å². The molecule has 3 aromatic carbocycles. The highest BCUT2D eigenvalue weighted by molar-refractivity contribution is 9.10. The smallest absolute Gasteiger partial charge is 0.244 e. The molecule has 0 saturated carbocycles. The number of hydrogen-bond donors (Lipinski definition) is 0. The van der Waals surface area contributed by atoms with Crippen molar-refractivity contribution in [2.75, 3.05) is 26.2 Å². The van der Waals surface area contributed by atoms with Crippen LogP contribution in [-0.2, 0) is 16.6 Å². The van der Waals surface area contributed by atoms with Crippen molar-refractivity contribution in [3.8, 4) is 17.2 Å². The van der Waals surface area contributed by atoms with Crippen LogP contribution in [0.25, 0.3) is 11.1 Å². The van der Waals surface area contributed by atoms with Gasteiger partial charge >= 0.3 is 0 Å². The third-order valence-electron chi connectivity index (χ3n) is 5.50. The minimum Gasteiger partial charge on any atom is -0.296 e. The number of nitrogens with zero attached hydrogens (tertiary/aromatic N) is 3. The highest BCUT2D eigenvalue weighted by Crippen LogP contribution is 2.26. The molecule has 0 aromatic heterocycles. The van der Waals surface area contributed by atoms with Crippen molar-refractivity contribution in [3.63, 3.8) is 0 Å². The molecule has 0 atom stereocenters. The van der Waals surface area contributed by atoms with Gasteiger partial charge in [-0.1, -0.05) is 54.6 Å². The molecular formula is C24H22BrN3O2S. The maximum Gasteiger partial charge on any atom is 0.244 e. The minimum absolute atomic E-state index is 0.316. The molecular weight excluding hydrogens is 474 g/mol. The van der Waals surface area contributed by atoms with Crippen molar-refractivity contribution in [1.29, 1.82) is 5.26 Å². The maximum atomic E-state index is 13.0. The molecule has 7 heteroatoms. The summed E-state index contributed by atoms with van der Waals surface area (Å²) in [6.45, 7) is 3.07. The number of sulfonamides is 1. The van der Waals surface area contributed by atoms with Crippen molar-refractivity contribution in [2.24, 2.45) is 0 Å². The molecule has 3 aromatic rings. The average Bonchev–Trinajstić information content (AvgIpc) is 2.80. The first kappa shape index (κ1) is 21.7. The van der Waals surface area contributed by atoms with E-state index in [4.69, 9.17) is 0 Å². The topological polar surface area (TPSA) is 64.4 Å². The van der Waals surface area contributed by atoms with Crippen LogP contribution in [0, 0.1) is 11.3 Å². The van der Waals surface area contributed by atoms with E-state index in [9.17, 15) is 13.7 Å². The number of halogens is 1. The van der Waals surface area contributed by atoms with E-state index in [0.29, 0.717) is 41.1 Å². The van der Waals surface area contributed by atoms with Crippen molar-refractivity contribution >= 4 is 26.0 Å². The summed E-state index contributed by atoms with van der Waals surface area (Å²) in [6, 6.07) is 25.0. The number of hydrogen-bond acceptors (Lipinski definition) is 4. The molecule has 0 bridgehead atoms. The predicted octanol–water partition coefficient (Wildman–Crippen LogP) is 4.49. The Balaban J connectivity index is 1.39. The highest BCUT2D eigenvalue weighted by atomic mass is 79.9. The molecule has 0 unspecified atom stereocenters. The molecule has 1 saturated heterocycles. The summed E-state index contributed by atoms with van der Waals surface area (Å²) in [5.41, 5.74) is 3.78. The molecule has 5 nitrogen and oxygen atoms in total. The summed E-state index contributed by atoms with van der Waals surface area (Å²) in [4.78, 5) is 2.58. The lowest BCUT2D eigenvalue weighted by Crippen LogP contribution is -2.48. The fourth-order valence-electron chi connectivity index (χ4n) is 3.80. The predicted molar refractivity (Wildman–Crippen MR) is 125 cm³/mol. The Labute approximate surface area is 191 Å². The lowest BCUT2D eigenvalue weighted by molar-refractivity contribution is 0.181. The van der Waals surface area contributed by atoms with Gasteiger partial charge in [0.15, 0.2) is 0 Å². The first-order chi connectivity index (χ1) is 15.0. The van der Waals surface area contributed by atoms with Crippen LogP contribution in [0.5, 0.6) is 0 Å². The molecule has 4 rings (SSSR count). The van der Waals surface area contributed by atoms with E-state index in [1.165, 1.54) is 5.56 Å². The number of piperazine rings is 1. The average molecular weight is 496 g/mol. The van der Waals surface area contributed by atoms with E-state index in [1.807, 2.05) is 42.5 Å². The van der Waals surface area contributed by atoms with E-state index in [2.05, 4.69) is 39.0 Å². The van der Waals surface area contributed by atoms with E-state index in [-0.39, 0.29) is 0 Å². The molecule has 1 aliphatic rings. The van der Waals surface area contributed by atoms with Gasteiger partial charge in [-0.15, -0.1) is 0 Å². The Bertz CT molecular complexity index is 1210. The van der Waals surface area contributed by atoms with Crippen molar-refractivity contribution in [2.45, 2.75) is 11.4 Å². The SMILES string of the molecule is N#Cc1ccccc1-c1ccc(CN2CCN(S(=O)(=O)c3ccccc3Br)CC2)cc1. The molecule has 1 heterocycles. The molecule has 1 aliphatic heterocycles. The van der Waals surface area contributed by atoms with Gasteiger partial charge in [0.1, 0.15) is 0 Å². The third-order valence-corrected chi connectivity index (χ3v) is 8.42. The molecule has 0 amide bonds. The van der Waals surface area contributed by atoms with E-state index in [0.717, 1.165) is 17.7 Å². The largest absolute Gasteiger partial charge is 0.296 e. The summed E-state index contributed by atoms with van der Waals surface area (Å²) >= 11 is 3.35. The standard InChI is InChI=1S/C24H22BrN3O2S/c25-23-7-3-4-8-24(23)31(29,30)28-15-13-27(14-16-28)18-19-9-11-20(12-10-19)22-6-2-1-5-21(22)17-26/h1-12H,13-16,18H2. The Morgan fingerprint density at radius 2 is 1.52 bits per heavy atom. The van der Waals surface area contributed by atoms with Crippen LogP contribution in [0.3, 0.4) is 0 Å². The second-order valence-electron chi connectivity index (χ2n) is 7.46. The van der Waals surface area contributed by atoms with Gasteiger partial charge in [-0.3, -0.25) is 4.90 Å². The first-order valence-electron chi connectivity index (χ1n) is 10.0. The van der Waals surface area contributed by atoms with Gasteiger partial charge in [-0.25, -0.2) is 8.42 Å². The van der Waals surface area contributed by atoms with E-state index >= 15 is 0 Å². The van der Waals surface area contributed by atoms with Gasteiger partial charge in [0, 0.05) is 37.2 Å². The van der Waals surface area contributed by atoms with Crippen LogP contribution < -0.4 is 0 Å². The zero-order valence-corrected chi connectivity index (χ0v) is 19.3. The van der Waals surface area contributed by atoms with Crippen LogP contribution in [0.4, 0.5) is 0 Å². The minimum atomic E-state index is -3.50. The fourth-order valence-corrected chi connectivity index (χ4v) is 6.19. The Kier molecular flexibility index (Phi) is 6.54. The molecule has 0 N–H and O–H groups in total. The lowest BCUT2D eigenvalue weighted by Gasteiger charge is -2.34. The second-order valence-corrected chi connectivity index (χ2v) is 10.2. The number of nitriles is 1. The number of rotatable bonds is 5. The van der Waals surface area contributed by atoms with E-state index in [1.54, 1.807) is 22.5 Å². The van der Waals surface area contributed by atoms with Crippen LogP contribution in [0.1, 0.15) is 11.1 Å². The monoisotopic (exact) mass is 495 g/mol.